The summed E-state index contributed by atoms with van der Waals surface area (Å²) in [7, 11) is -4.01. The van der Waals surface area contributed by atoms with Crippen molar-refractivity contribution in [3.63, 3.8) is 0 Å². The van der Waals surface area contributed by atoms with Crippen LogP contribution in [0.2, 0.25) is 0 Å². The molecule has 4 heterocycles. The highest BCUT2D eigenvalue weighted by molar-refractivity contribution is 7.89. The molecular weight excluding hydrogens is 516 g/mol. The Labute approximate surface area is 210 Å². The molecule has 2 aromatic heterocycles. The minimum atomic E-state index is -4.01. The van der Waals surface area contributed by atoms with Crippen molar-refractivity contribution in [2.24, 2.45) is 0 Å². The molecule has 15 heteroatoms. The minimum Gasteiger partial charge on any atom is -0.377 e. The number of fused-ring (bicyclic) bond motifs is 1. The number of hydrogen-bond acceptors (Lipinski definition) is 9. The zero-order valence-corrected chi connectivity index (χ0v) is 21.6. The van der Waals surface area contributed by atoms with E-state index < -0.39 is 32.7 Å². The van der Waals surface area contributed by atoms with Gasteiger partial charge in [-0.25, -0.2) is 31.3 Å². The third-order valence-electron chi connectivity index (χ3n) is 6.34. The van der Waals surface area contributed by atoms with E-state index in [1.54, 1.807) is 19.9 Å². The summed E-state index contributed by atoms with van der Waals surface area (Å²) in [6.45, 7) is 8.22. The first kappa shape index (κ1) is 25.2. The summed E-state index contributed by atoms with van der Waals surface area (Å²) < 4.78 is 64.0. The van der Waals surface area contributed by atoms with E-state index in [9.17, 15) is 22.0 Å². The third-order valence-corrected chi connectivity index (χ3v) is 8.88. The van der Waals surface area contributed by atoms with Crippen molar-refractivity contribution in [2.45, 2.75) is 50.2 Å². The number of hydrogen-bond donors (Lipinski definition) is 2. The van der Waals surface area contributed by atoms with Crippen LogP contribution in [0.15, 0.2) is 21.8 Å². The monoisotopic (exact) mass is 543 g/mol. The number of benzene rings is 1. The molecule has 0 bridgehead atoms. The van der Waals surface area contributed by atoms with Gasteiger partial charge in [-0.05, 0) is 32.9 Å². The zero-order valence-electron chi connectivity index (χ0n) is 20.0. The zero-order chi connectivity index (χ0) is 25.8. The molecule has 2 saturated heterocycles. The van der Waals surface area contributed by atoms with Crippen molar-refractivity contribution < 1.29 is 21.9 Å². The van der Waals surface area contributed by atoms with Crippen LogP contribution in [0, 0.1) is 0 Å². The van der Waals surface area contributed by atoms with Crippen LogP contribution in [-0.2, 0) is 21.3 Å². The third kappa shape index (κ3) is 4.32. The molecule has 0 unspecified atom stereocenters. The molecule has 3 aromatic rings. The summed E-state index contributed by atoms with van der Waals surface area (Å²) in [4.78, 5) is 15.5. The molecule has 2 aliphatic heterocycles. The van der Waals surface area contributed by atoms with E-state index in [1.165, 1.54) is 15.2 Å². The van der Waals surface area contributed by atoms with Gasteiger partial charge in [0.2, 0.25) is 15.2 Å². The Balaban J connectivity index is 1.77. The SMILES string of the molecule is CCn1c(=O)n(-c2nnc(C(F)F)s2)c2cc(S(=O)(=O)NC3(C)COC3)cc(N3CCN[C@H](C)C3)c21. The summed E-state index contributed by atoms with van der Waals surface area (Å²) in [5.41, 5.74) is 0.112. The van der Waals surface area contributed by atoms with Crippen molar-refractivity contribution in [1.82, 2.24) is 29.4 Å². The number of nitrogens with one attached hydrogen (secondary N) is 2. The van der Waals surface area contributed by atoms with Crippen LogP contribution in [-0.4, -0.2) is 72.2 Å². The van der Waals surface area contributed by atoms with Crippen LogP contribution in [0.5, 0.6) is 0 Å². The van der Waals surface area contributed by atoms with Gasteiger partial charge in [0.05, 0.1) is 40.4 Å². The van der Waals surface area contributed by atoms with Crippen LogP contribution in [0.1, 0.15) is 32.2 Å². The number of sulfonamides is 1. The van der Waals surface area contributed by atoms with Gasteiger partial charge in [0, 0.05) is 32.2 Å². The number of anilines is 1. The Hall–Kier alpha value is -2.46. The lowest BCUT2D eigenvalue weighted by Gasteiger charge is -2.38. The summed E-state index contributed by atoms with van der Waals surface area (Å²) in [6, 6.07) is 3.11. The molecule has 0 amide bonds. The number of imidazole rings is 1. The number of rotatable bonds is 7. The number of alkyl halides is 2. The van der Waals surface area contributed by atoms with E-state index in [1.807, 2.05) is 11.8 Å². The van der Waals surface area contributed by atoms with Crippen molar-refractivity contribution in [2.75, 3.05) is 37.7 Å². The maximum Gasteiger partial charge on any atom is 0.335 e. The molecule has 0 aliphatic carbocycles. The molecule has 1 atom stereocenters. The van der Waals surface area contributed by atoms with Crippen molar-refractivity contribution in [1.29, 1.82) is 0 Å². The van der Waals surface area contributed by atoms with Crippen LogP contribution in [0.4, 0.5) is 14.5 Å². The summed E-state index contributed by atoms with van der Waals surface area (Å²) in [5, 5.41) is 10.1. The highest BCUT2D eigenvalue weighted by Crippen LogP contribution is 2.34. The number of ether oxygens (including phenoxy) is 1. The van der Waals surface area contributed by atoms with Gasteiger partial charge in [0.1, 0.15) is 0 Å². The predicted molar refractivity (Wildman–Crippen MR) is 131 cm³/mol. The molecule has 2 aliphatic rings. The molecule has 0 saturated carbocycles. The quantitative estimate of drug-likeness (QED) is 0.459. The molecule has 0 spiro atoms. The molecule has 2 N–H and O–H groups in total. The standard InChI is InChI=1S/C21H27F2N7O4S2/c1-4-29-16-14(28-6-5-24-12(2)9-28)7-13(36(32,33)27-21(3)10-34-11-21)8-15(16)30(20(29)31)19-26-25-18(35-19)17(22)23/h7-8,12,17,24,27H,4-6,9-11H2,1-3H3/t12-/m1/s1. The maximum absolute atomic E-state index is 13.5. The molecule has 1 aromatic carbocycles. The van der Waals surface area contributed by atoms with Gasteiger partial charge in [-0.2, -0.15) is 0 Å². The summed E-state index contributed by atoms with van der Waals surface area (Å²) in [6.07, 6.45) is -2.84. The molecular formula is C21H27F2N7O4S2. The Morgan fingerprint density at radius 2 is 2.08 bits per heavy atom. The van der Waals surface area contributed by atoms with Gasteiger partial charge < -0.3 is 15.0 Å². The highest BCUT2D eigenvalue weighted by atomic mass is 32.2. The topological polar surface area (TPSA) is 123 Å². The summed E-state index contributed by atoms with van der Waals surface area (Å²) in [5.74, 6) is 0. The first-order valence-corrected chi connectivity index (χ1v) is 13.8. The number of aromatic nitrogens is 4. The van der Waals surface area contributed by atoms with Crippen LogP contribution < -0.4 is 20.6 Å². The second-order valence-electron chi connectivity index (χ2n) is 9.36. The highest BCUT2D eigenvalue weighted by Gasteiger charge is 2.38. The second-order valence-corrected chi connectivity index (χ2v) is 12.0. The Bertz CT molecular complexity index is 1460. The maximum atomic E-state index is 13.5. The first-order valence-electron chi connectivity index (χ1n) is 11.5. The number of aryl methyl sites for hydroxylation is 1. The number of piperazine rings is 1. The minimum absolute atomic E-state index is 0.0371. The van der Waals surface area contributed by atoms with Gasteiger partial charge in [-0.15, -0.1) is 10.2 Å². The van der Waals surface area contributed by atoms with E-state index >= 15 is 0 Å². The molecule has 196 valence electrons. The fraction of sp³-hybridized carbons (Fsp3) is 0.571. The fourth-order valence-corrected chi connectivity index (χ4v) is 6.75. The van der Waals surface area contributed by atoms with Crippen LogP contribution in [0.3, 0.4) is 0 Å². The lowest BCUT2D eigenvalue weighted by atomic mass is 10.0. The normalized spacial score (nSPS) is 20.3. The van der Waals surface area contributed by atoms with Gasteiger partial charge in [-0.1, -0.05) is 11.3 Å². The Kier molecular flexibility index (Phi) is 6.39. The molecule has 5 rings (SSSR count). The van der Waals surface area contributed by atoms with E-state index in [4.69, 9.17) is 4.74 Å². The predicted octanol–water partition coefficient (Wildman–Crippen LogP) is 1.47. The van der Waals surface area contributed by atoms with E-state index in [0.717, 1.165) is 0 Å². The van der Waals surface area contributed by atoms with E-state index in [-0.39, 0.29) is 41.3 Å². The van der Waals surface area contributed by atoms with Crippen LogP contribution >= 0.6 is 11.3 Å². The second kappa shape index (κ2) is 9.13. The Morgan fingerprint density at radius 1 is 1.33 bits per heavy atom. The average molecular weight is 544 g/mol. The van der Waals surface area contributed by atoms with E-state index in [0.29, 0.717) is 42.2 Å². The van der Waals surface area contributed by atoms with Crippen molar-refractivity contribution in [3.05, 3.63) is 27.6 Å². The molecule has 11 nitrogen and oxygen atoms in total. The average Bonchev–Trinajstić information content (AvgIpc) is 3.39. The molecule has 0 radical (unpaired) electrons. The van der Waals surface area contributed by atoms with Gasteiger partial charge in [-0.3, -0.25) is 4.57 Å². The molecule has 36 heavy (non-hydrogen) atoms. The van der Waals surface area contributed by atoms with E-state index in [2.05, 4.69) is 20.2 Å². The number of halogens is 2. The van der Waals surface area contributed by atoms with Gasteiger partial charge >= 0.3 is 5.69 Å². The fourth-order valence-electron chi connectivity index (χ4n) is 4.63. The molecule has 2 fully saturated rings. The first-order chi connectivity index (χ1) is 17.0. The lowest BCUT2D eigenvalue weighted by molar-refractivity contribution is -0.0523. The van der Waals surface area contributed by atoms with Crippen molar-refractivity contribution >= 4 is 38.1 Å². The van der Waals surface area contributed by atoms with Gasteiger partial charge in [0.15, 0.2) is 5.01 Å². The Morgan fingerprint density at radius 3 is 2.67 bits per heavy atom. The smallest absolute Gasteiger partial charge is 0.335 e. The largest absolute Gasteiger partial charge is 0.377 e. The van der Waals surface area contributed by atoms with Crippen molar-refractivity contribution in [3.8, 4) is 5.13 Å². The summed E-state index contributed by atoms with van der Waals surface area (Å²) >= 11 is 0.597. The number of nitrogens with zero attached hydrogens (tertiary/aromatic N) is 5. The van der Waals surface area contributed by atoms with Gasteiger partial charge in [0.25, 0.3) is 6.43 Å². The lowest BCUT2D eigenvalue weighted by Crippen LogP contribution is -2.59. The van der Waals surface area contributed by atoms with Crippen LogP contribution in [0.25, 0.3) is 16.2 Å².